The van der Waals surface area contributed by atoms with E-state index < -0.39 is 28.4 Å². The number of terminal acetylenes is 3. The highest BCUT2D eigenvalue weighted by Crippen LogP contribution is 2.37. The normalized spacial score (nSPS) is 13.2. The molecule has 0 spiro atoms. The number of ether oxygens (including phenoxy) is 2. The summed E-state index contributed by atoms with van der Waals surface area (Å²) in [5.41, 5.74) is 1.88. The van der Waals surface area contributed by atoms with Gasteiger partial charge in [0.15, 0.2) is 6.63 Å². The maximum absolute atomic E-state index is 5.78. The molecule has 1 unspecified atom stereocenters. The molecule has 14 heteroatoms. The Kier molecular flexibility index (Phi) is 10.5. The molecule has 0 aliphatic rings. The van der Waals surface area contributed by atoms with Crippen molar-refractivity contribution >= 4 is 77.2 Å². The quantitative estimate of drug-likeness (QED) is 0.267. The molecule has 0 aliphatic heterocycles. The first-order valence-electron chi connectivity index (χ1n) is 8.68. The lowest BCUT2D eigenvalue weighted by molar-refractivity contribution is 0.383. The third-order valence-electron chi connectivity index (χ3n) is 4.69. The highest BCUT2D eigenvalue weighted by atomic mass is 30.4. The lowest BCUT2D eigenvalue weighted by Gasteiger charge is -2.48. The van der Waals surface area contributed by atoms with Crippen LogP contribution in [-0.2, 0) is 19.7 Å². The minimum absolute atomic E-state index is 0.544. The van der Waals surface area contributed by atoms with Gasteiger partial charge in [-0.25, -0.2) is 0 Å². The van der Waals surface area contributed by atoms with Gasteiger partial charge in [0.1, 0.15) is 11.5 Å². The summed E-state index contributed by atoms with van der Waals surface area (Å²) in [4.78, 5) is 0. The van der Waals surface area contributed by atoms with Gasteiger partial charge in [-0.1, -0.05) is 31.4 Å². The molecular weight excluding hydrogens is 537 g/mol. The highest BCUT2D eigenvalue weighted by molar-refractivity contribution is 8.11. The van der Waals surface area contributed by atoms with Gasteiger partial charge in [0.25, 0.3) is 0 Å². The molecule has 5 nitrogen and oxygen atoms in total. The Labute approximate surface area is 205 Å². The molecule has 1 atom stereocenters. The van der Waals surface area contributed by atoms with Gasteiger partial charge >= 0.3 is 8.80 Å². The summed E-state index contributed by atoms with van der Waals surface area (Å²) in [5, 5.41) is 0. The summed E-state index contributed by atoms with van der Waals surface area (Å²) in [5.74, 6) is 1.44. The van der Waals surface area contributed by atoms with Crippen LogP contribution >= 0.6 is 0 Å². The fraction of sp³-hybridized carbons (Fsp3) is 0.294. The van der Waals surface area contributed by atoms with Gasteiger partial charge in [-0.2, -0.15) is 0 Å². The average Bonchev–Trinajstić information content (AvgIpc) is 2.67. The van der Waals surface area contributed by atoms with E-state index >= 15 is 0 Å². The molecule has 0 amide bonds. The first-order chi connectivity index (χ1) is 14.5. The molecule has 1 aromatic carbocycles. The summed E-state index contributed by atoms with van der Waals surface area (Å²) in [6, 6.07) is 4.41. The maximum atomic E-state index is 5.78. The van der Waals surface area contributed by atoms with Crippen LogP contribution in [0.15, 0.2) is 12.1 Å². The summed E-state index contributed by atoms with van der Waals surface area (Å²) in [6.45, 7) is -4.00. The van der Waals surface area contributed by atoms with Gasteiger partial charge < -0.3 is 22.8 Å². The Hall–Kier alpha value is -1.15. The maximum Gasteiger partial charge on any atom is 0.512 e. The number of methoxy groups -OCH3 is 2. The highest BCUT2D eigenvalue weighted by Gasteiger charge is 2.69. The van der Waals surface area contributed by atoms with E-state index in [-0.39, 0.29) is 0 Å². The topological polar surface area (TPSA) is 46.2 Å². The van der Waals surface area contributed by atoms with Crippen LogP contribution < -0.4 is 9.47 Å². The van der Waals surface area contributed by atoms with E-state index in [0.29, 0.717) is 18.2 Å². The van der Waals surface area contributed by atoms with Crippen molar-refractivity contribution in [3.63, 3.8) is 0 Å². The lowest BCUT2D eigenvalue weighted by Crippen LogP contribution is -2.88. The Morgan fingerprint density at radius 2 is 1.52 bits per heavy atom. The molecule has 1 rings (SSSR count). The molecule has 0 saturated carbocycles. The van der Waals surface area contributed by atoms with Crippen molar-refractivity contribution in [2.24, 2.45) is 0 Å². The third-order valence-corrected chi connectivity index (χ3v) is 81.7. The zero-order chi connectivity index (χ0) is 23.9. The van der Waals surface area contributed by atoms with Crippen LogP contribution in [-0.4, -0.2) is 91.5 Å². The van der Waals surface area contributed by atoms with E-state index in [0.717, 1.165) is 16.9 Å². The van der Waals surface area contributed by atoms with Gasteiger partial charge in [-0.05, 0) is 25.0 Å². The molecule has 0 saturated heterocycles. The van der Waals surface area contributed by atoms with E-state index in [9.17, 15) is 0 Å². The molecule has 0 fully saturated rings. The zero-order valence-corrected chi connectivity index (χ0v) is 26.3. The van der Waals surface area contributed by atoms with Gasteiger partial charge in [0, 0.05) is 41.0 Å². The zero-order valence-electron chi connectivity index (χ0n) is 17.3. The van der Waals surface area contributed by atoms with Crippen molar-refractivity contribution in [1.29, 1.82) is 0 Å². The summed E-state index contributed by atoms with van der Waals surface area (Å²) >= 11 is 0. The molecule has 16 radical (unpaired) electrons. The SMILES string of the molecule is C#CO[Si](OC#C)[Si](CCc1c(OC)ccc(C)c1OC)([Si]([Si])([Si])[Si])[Si]([Si])([Si])OC#C. The first-order valence-corrected chi connectivity index (χ1v) is 26.6. The minimum atomic E-state index is -3.03. The van der Waals surface area contributed by atoms with Crippen LogP contribution in [0.5, 0.6) is 11.5 Å². The summed E-state index contributed by atoms with van der Waals surface area (Å²) in [6.07, 6.45) is 21.2. The Morgan fingerprint density at radius 3 is 1.94 bits per heavy atom. The van der Waals surface area contributed by atoms with E-state index in [1.807, 2.05) is 19.1 Å². The van der Waals surface area contributed by atoms with Gasteiger partial charge in [0.05, 0.1) is 52.1 Å². The third kappa shape index (κ3) is 5.81. The predicted octanol–water partition coefficient (Wildman–Crippen LogP) is -0.731. The van der Waals surface area contributed by atoms with E-state index in [1.54, 1.807) is 14.2 Å². The van der Waals surface area contributed by atoms with E-state index in [1.165, 1.54) is 0 Å². The average molecular weight is 555 g/mol. The minimum Gasteiger partial charge on any atom is -0.514 e. The smallest absolute Gasteiger partial charge is 0.512 e. The van der Waals surface area contributed by atoms with E-state index in [2.05, 4.69) is 67.1 Å². The molecule has 0 N–H and O–H groups in total. The lowest BCUT2D eigenvalue weighted by atomic mass is 10.1. The monoisotopic (exact) mass is 554 g/mol. The van der Waals surface area contributed by atoms with Crippen LogP contribution in [0, 0.1) is 44.5 Å². The Morgan fingerprint density at radius 1 is 0.935 bits per heavy atom. The van der Waals surface area contributed by atoms with Crippen molar-refractivity contribution in [2.45, 2.75) is 19.4 Å². The summed E-state index contributed by atoms with van der Waals surface area (Å²) < 4.78 is 28.4. The van der Waals surface area contributed by atoms with Crippen molar-refractivity contribution in [2.75, 3.05) is 14.2 Å². The molecule has 0 bridgehead atoms. The fourth-order valence-electron chi connectivity index (χ4n) is 3.26. The fourth-order valence-corrected chi connectivity index (χ4v) is 93.5. The second-order valence-corrected chi connectivity index (χ2v) is 55.0. The molecule has 31 heavy (non-hydrogen) atoms. The van der Waals surface area contributed by atoms with Crippen LogP contribution in [0.3, 0.4) is 0 Å². The largest absolute Gasteiger partial charge is 0.514 e. The van der Waals surface area contributed by atoms with E-state index in [4.69, 9.17) is 42.0 Å². The molecule has 0 aromatic heterocycles. The molecule has 0 heterocycles. The second kappa shape index (κ2) is 11.6. The van der Waals surface area contributed by atoms with Gasteiger partial charge in [0.2, 0.25) is 6.87 Å². The van der Waals surface area contributed by atoms with Crippen LogP contribution in [0.1, 0.15) is 11.1 Å². The van der Waals surface area contributed by atoms with Crippen LogP contribution in [0.2, 0.25) is 6.04 Å². The van der Waals surface area contributed by atoms with Crippen molar-refractivity contribution in [3.05, 3.63) is 23.3 Å². The number of hydrogen-bond acceptors (Lipinski definition) is 5. The standard InChI is InChI=1S/C17H18O5Si9/c1-7-20-28(21-8-2)29(31(25,26)27,30(23,24)22-9-3)13-12-15-16(18-5)11-10-14(4)17(15)19-6/h1-3,10-11H,12-13H2,4-6H3. The molecule has 152 valence electrons. The van der Waals surface area contributed by atoms with Crippen LogP contribution in [0.25, 0.3) is 0 Å². The first kappa shape index (κ1) is 27.9. The van der Waals surface area contributed by atoms with Crippen molar-refractivity contribution < 1.29 is 22.8 Å². The number of aryl methyl sites for hydroxylation is 1. The van der Waals surface area contributed by atoms with Crippen LogP contribution in [0.4, 0.5) is 0 Å². The molecule has 0 aliphatic carbocycles. The van der Waals surface area contributed by atoms with Crippen molar-refractivity contribution in [1.82, 2.24) is 0 Å². The number of benzene rings is 1. The molecule has 1 aromatic rings. The predicted molar refractivity (Wildman–Crippen MR) is 134 cm³/mol. The Balaban J connectivity index is 3.75. The molecular formula is C17H18O5Si9. The second-order valence-electron chi connectivity index (χ2n) is 6.38. The number of rotatable bonds is 11. The van der Waals surface area contributed by atoms with Gasteiger partial charge in [-0.15, -0.1) is 0 Å². The van der Waals surface area contributed by atoms with Crippen molar-refractivity contribution in [3.8, 4) is 49.1 Å². The van der Waals surface area contributed by atoms with Gasteiger partial charge in [-0.3, -0.25) is 0 Å². The Bertz CT molecular complexity index is 881. The number of hydrogen-bond donors (Lipinski definition) is 0. The summed E-state index contributed by atoms with van der Waals surface area (Å²) in [7, 11) is 20.3.